The number of hydrogen-bond acceptors (Lipinski definition) is 4. The Labute approximate surface area is 233 Å². The zero-order valence-electron chi connectivity index (χ0n) is 21.3. The monoisotopic (exact) mass is 580 g/mol. The van der Waals surface area contributed by atoms with Crippen LogP contribution in [0.25, 0.3) is 5.65 Å². The van der Waals surface area contributed by atoms with E-state index in [1.807, 2.05) is 4.90 Å². The van der Waals surface area contributed by atoms with E-state index in [1.54, 1.807) is 31.2 Å². The van der Waals surface area contributed by atoms with Crippen molar-refractivity contribution in [1.82, 2.24) is 14.7 Å². The molecular formula is C28H26ClF5N4O2. The van der Waals surface area contributed by atoms with Gasteiger partial charge in [-0.2, -0.15) is 0 Å². The first-order valence-electron chi connectivity index (χ1n) is 12.4. The fraction of sp³-hybridized carbons (Fsp3) is 0.286. The van der Waals surface area contributed by atoms with E-state index >= 15 is 4.39 Å². The Kier molecular flexibility index (Phi) is 8.53. The number of pyridine rings is 1. The quantitative estimate of drug-likeness (QED) is 0.263. The highest BCUT2D eigenvalue weighted by Gasteiger charge is 2.31. The van der Waals surface area contributed by atoms with Crippen molar-refractivity contribution in [3.05, 3.63) is 94.9 Å². The highest BCUT2D eigenvalue weighted by molar-refractivity contribution is 5.94. The molecule has 1 aliphatic rings. The lowest BCUT2D eigenvalue weighted by Crippen LogP contribution is -2.33. The Balaban J connectivity index is 0.00000370. The number of imidazole rings is 1. The summed E-state index contributed by atoms with van der Waals surface area (Å²) in [4.78, 5) is 19.0. The predicted octanol–water partition coefficient (Wildman–Crippen LogP) is 6.56. The molecule has 2 aromatic heterocycles. The van der Waals surface area contributed by atoms with Crippen LogP contribution in [0.15, 0.2) is 60.8 Å². The summed E-state index contributed by atoms with van der Waals surface area (Å²) >= 11 is 0. The molecule has 1 N–H and O–H groups in total. The van der Waals surface area contributed by atoms with Crippen molar-refractivity contribution in [2.75, 3.05) is 18.0 Å². The van der Waals surface area contributed by atoms with Crippen molar-refractivity contribution in [2.45, 2.75) is 38.6 Å². The van der Waals surface area contributed by atoms with E-state index in [0.717, 1.165) is 18.4 Å². The number of hydrogen-bond donors (Lipinski definition) is 1. The van der Waals surface area contributed by atoms with Crippen molar-refractivity contribution < 1.29 is 31.5 Å². The molecule has 1 fully saturated rings. The van der Waals surface area contributed by atoms with E-state index in [-0.39, 0.29) is 36.3 Å². The SMILES string of the molecule is Cc1nc2ccc(F)cn2c1C(=O)NCc1ccc(N2CCC(c3ccc(OC(F)(F)F)cc3)CC2)c(F)c1.Cl. The Bertz CT molecular complexity index is 1500. The van der Waals surface area contributed by atoms with Crippen LogP contribution in [0.1, 0.15) is 46.1 Å². The second kappa shape index (κ2) is 11.7. The zero-order chi connectivity index (χ0) is 27.7. The predicted molar refractivity (Wildman–Crippen MR) is 142 cm³/mol. The third kappa shape index (κ3) is 6.47. The molecule has 0 bridgehead atoms. The van der Waals surface area contributed by atoms with E-state index in [1.165, 1.54) is 40.9 Å². The van der Waals surface area contributed by atoms with Gasteiger partial charge in [0.15, 0.2) is 0 Å². The van der Waals surface area contributed by atoms with Crippen LogP contribution in [0.4, 0.5) is 27.6 Å². The molecule has 212 valence electrons. The van der Waals surface area contributed by atoms with Gasteiger partial charge in [-0.3, -0.25) is 9.20 Å². The van der Waals surface area contributed by atoms with Crippen molar-refractivity contribution in [3.8, 4) is 5.75 Å². The molecule has 40 heavy (non-hydrogen) atoms. The maximum absolute atomic E-state index is 15.0. The minimum atomic E-state index is -4.73. The molecule has 0 saturated carbocycles. The molecule has 0 radical (unpaired) electrons. The number of aryl methyl sites for hydroxylation is 1. The number of piperidine rings is 1. The first-order chi connectivity index (χ1) is 18.6. The van der Waals surface area contributed by atoms with Crippen molar-refractivity contribution in [2.24, 2.45) is 0 Å². The molecule has 5 rings (SSSR count). The van der Waals surface area contributed by atoms with Crippen LogP contribution in [-0.4, -0.2) is 34.7 Å². The number of rotatable bonds is 6. The highest BCUT2D eigenvalue weighted by atomic mass is 35.5. The second-order valence-corrected chi connectivity index (χ2v) is 9.47. The maximum atomic E-state index is 15.0. The number of benzene rings is 2. The average molecular weight is 581 g/mol. The first kappa shape index (κ1) is 29.1. The molecular weight excluding hydrogens is 555 g/mol. The van der Waals surface area contributed by atoms with Gasteiger partial charge in [0.2, 0.25) is 0 Å². The Morgan fingerprint density at radius 3 is 2.40 bits per heavy atom. The molecule has 1 amide bonds. The first-order valence-corrected chi connectivity index (χ1v) is 12.4. The van der Waals surface area contributed by atoms with Gasteiger partial charge in [0.1, 0.15) is 28.7 Å². The van der Waals surface area contributed by atoms with E-state index in [9.17, 15) is 22.4 Å². The van der Waals surface area contributed by atoms with Crippen molar-refractivity contribution >= 4 is 29.6 Å². The minimum Gasteiger partial charge on any atom is -0.406 e. The van der Waals surface area contributed by atoms with Gasteiger partial charge in [-0.05, 0) is 73.2 Å². The molecule has 1 saturated heterocycles. The van der Waals surface area contributed by atoms with Crippen LogP contribution < -0.4 is 15.0 Å². The fourth-order valence-electron chi connectivity index (χ4n) is 4.99. The molecule has 12 heteroatoms. The van der Waals surface area contributed by atoms with Crippen LogP contribution in [0.3, 0.4) is 0 Å². The Morgan fingerprint density at radius 1 is 1.05 bits per heavy atom. The standard InChI is InChI=1S/C28H25F5N4O2.ClH/c1-17-26(37-16-21(29)5-9-25(37)35-17)27(38)34-15-18-2-8-24(23(30)14-18)36-12-10-20(11-13-36)19-3-6-22(7-4-19)39-28(31,32)33;/h2-9,14,16,20H,10-13,15H2,1H3,(H,34,38);1H. The number of carbonyl (C=O) groups is 1. The number of aromatic nitrogens is 2. The van der Waals surface area contributed by atoms with Crippen LogP contribution in [0.5, 0.6) is 5.75 Å². The zero-order valence-corrected chi connectivity index (χ0v) is 22.2. The van der Waals surface area contributed by atoms with Crippen LogP contribution in [-0.2, 0) is 6.54 Å². The molecule has 6 nitrogen and oxygen atoms in total. The summed E-state index contributed by atoms with van der Waals surface area (Å²) in [6, 6.07) is 13.4. The van der Waals surface area contributed by atoms with Crippen molar-refractivity contribution in [3.63, 3.8) is 0 Å². The lowest BCUT2D eigenvalue weighted by Gasteiger charge is -2.34. The van der Waals surface area contributed by atoms with E-state index in [2.05, 4.69) is 15.0 Å². The molecule has 0 aliphatic carbocycles. The van der Waals surface area contributed by atoms with Crippen molar-refractivity contribution in [1.29, 1.82) is 0 Å². The summed E-state index contributed by atoms with van der Waals surface area (Å²) in [6.07, 6.45) is -2.10. The highest BCUT2D eigenvalue weighted by Crippen LogP contribution is 2.33. The number of carbonyl (C=O) groups excluding carboxylic acids is 1. The summed E-state index contributed by atoms with van der Waals surface area (Å²) in [5, 5.41) is 2.75. The number of anilines is 1. The van der Waals surface area contributed by atoms with Gasteiger partial charge in [-0.25, -0.2) is 13.8 Å². The third-order valence-corrected chi connectivity index (χ3v) is 6.86. The lowest BCUT2D eigenvalue weighted by atomic mass is 9.89. The second-order valence-electron chi connectivity index (χ2n) is 9.47. The topological polar surface area (TPSA) is 58.9 Å². The minimum absolute atomic E-state index is 0. The largest absolute Gasteiger partial charge is 0.573 e. The van der Waals surface area contributed by atoms with E-state index in [4.69, 9.17) is 0 Å². The number of ether oxygens (including phenoxy) is 1. The Hall–Kier alpha value is -3.86. The summed E-state index contributed by atoms with van der Waals surface area (Å²) in [7, 11) is 0. The van der Waals surface area contributed by atoms with Gasteiger partial charge in [0.05, 0.1) is 11.4 Å². The van der Waals surface area contributed by atoms with E-state index < -0.39 is 23.9 Å². The average Bonchev–Trinajstić information content (AvgIpc) is 3.22. The molecule has 0 atom stereocenters. The van der Waals surface area contributed by atoms with Crippen LogP contribution >= 0.6 is 12.4 Å². The summed E-state index contributed by atoms with van der Waals surface area (Å²) < 4.78 is 71.2. The van der Waals surface area contributed by atoms with Gasteiger partial charge >= 0.3 is 6.36 Å². The van der Waals surface area contributed by atoms with Gasteiger partial charge in [0.25, 0.3) is 5.91 Å². The Morgan fingerprint density at radius 2 is 1.75 bits per heavy atom. The number of fused-ring (bicyclic) bond motifs is 1. The fourth-order valence-corrected chi connectivity index (χ4v) is 4.99. The number of nitrogens with one attached hydrogen (secondary N) is 1. The third-order valence-electron chi connectivity index (χ3n) is 6.86. The molecule has 4 aromatic rings. The molecule has 0 spiro atoms. The molecule has 3 heterocycles. The summed E-state index contributed by atoms with van der Waals surface area (Å²) in [5.41, 5.74) is 3.05. The van der Waals surface area contributed by atoms with Gasteiger partial charge < -0.3 is 15.0 Å². The van der Waals surface area contributed by atoms with Crippen LogP contribution in [0.2, 0.25) is 0 Å². The lowest BCUT2D eigenvalue weighted by molar-refractivity contribution is -0.274. The summed E-state index contributed by atoms with van der Waals surface area (Å²) in [5.74, 6) is -1.47. The van der Waals surface area contributed by atoms with E-state index in [0.29, 0.717) is 35.7 Å². The summed E-state index contributed by atoms with van der Waals surface area (Å²) in [6.45, 7) is 2.91. The number of halogens is 6. The molecule has 1 aliphatic heterocycles. The number of nitrogens with zero attached hydrogens (tertiary/aromatic N) is 3. The van der Waals surface area contributed by atoms with Gasteiger partial charge in [-0.1, -0.05) is 18.2 Å². The van der Waals surface area contributed by atoms with Gasteiger partial charge in [0, 0.05) is 25.8 Å². The number of alkyl halides is 3. The van der Waals surface area contributed by atoms with Crippen LogP contribution in [0, 0.1) is 18.6 Å². The smallest absolute Gasteiger partial charge is 0.406 e. The number of amides is 1. The maximum Gasteiger partial charge on any atom is 0.573 e. The van der Waals surface area contributed by atoms with Gasteiger partial charge in [-0.15, -0.1) is 25.6 Å². The molecule has 2 aromatic carbocycles. The molecule has 0 unspecified atom stereocenters. The normalized spacial score (nSPS) is 14.2.